The molecule has 2 aromatic heterocycles. The van der Waals surface area contributed by atoms with E-state index < -0.39 is 33.9 Å². The van der Waals surface area contributed by atoms with Crippen molar-refractivity contribution in [3.8, 4) is 22.9 Å². The molecule has 1 saturated heterocycles. The number of sulfonamides is 1. The molecule has 0 bridgehead atoms. The first-order valence-corrected chi connectivity index (χ1v) is 15.2. The first-order valence-electron chi connectivity index (χ1n) is 13.5. The third kappa shape index (κ3) is 7.08. The molecule has 0 amide bonds. The lowest BCUT2D eigenvalue weighted by Crippen LogP contribution is -2.38. The fourth-order valence-electron chi connectivity index (χ4n) is 4.72. The zero-order chi connectivity index (χ0) is 29.9. The Morgan fingerprint density at radius 2 is 1.90 bits per heavy atom. The van der Waals surface area contributed by atoms with Gasteiger partial charge in [0, 0.05) is 42.2 Å². The van der Waals surface area contributed by atoms with Gasteiger partial charge in [0.15, 0.2) is 0 Å². The summed E-state index contributed by atoms with van der Waals surface area (Å²) in [4.78, 5) is 13.5. The molecule has 9 nitrogen and oxygen atoms in total. The van der Waals surface area contributed by atoms with Crippen LogP contribution in [0, 0.1) is 12.7 Å². The van der Waals surface area contributed by atoms with Gasteiger partial charge in [-0.2, -0.15) is 0 Å². The Labute approximate surface area is 242 Å². The Balaban J connectivity index is 1.48. The van der Waals surface area contributed by atoms with E-state index in [1.165, 1.54) is 6.07 Å². The van der Waals surface area contributed by atoms with Crippen LogP contribution in [-0.2, 0) is 10.0 Å². The minimum Gasteiger partial charge on any atom is -0.437 e. The summed E-state index contributed by atoms with van der Waals surface area (Å²) in [7, 11) is -4.27. The molecule has 5 rings (SSSR count). The Kier molecular flexibility index (Phi) is 8.50. The van der Waals surface area contributed by atoms with Gasteiger partial charge in [-0.15, -0.1) is 0 Å². The highest BCUT2D eigenvalue weighted by atomic mass is 32.2. The summed E-state index contributed by atoms with van der Waals surface area (Å²) in [5.74, 6) is -3.87. The number of hydrogen-bond acceptors (Lipinski definition) is 8. The number of ether oxygens (including phenoxy) is 1. The van der Waals surface area contributed by atoms with Crippen LogP contribution in [0.5, 0.6) is 11.6 Å². The van der Waals surface area contributed by atoms with E-state index in [2.05, 4.69) is 30.3 Å². The molecule has 2 aromatic carbocycles. The lowest BCUT2D eigenvalue weighted by atomic mass is 10.0. The smallest absolute Gasteiger partial charge is 0.246 e. The number of nitrogens with one attached hydrogen (secondary N) is 3. The molecule has 4 aromatic rings. The van der Waals surface area contributed by atoms with E-state index in [9.17, 15) is 21.6 Å². The summed E-state index contributed by atoms with van der Waals surface area (Å²) in [6, 6.07) is 11.3. The molecule has 3 N–H and O–H groups in total. The molecule has 0 saturated carbocycles. The molecular weight excluding hydrogens is 569 g/mol. The minimum absolute atomic E-state index is 0.203. The normalized spacial score (nSPS) is 15.9. The van der Waals surface area contributed by atoms with Gasteiger partial charge in [-0.3, -0.25) is 4.72 Å². The summed E-state index contributed by atoms with van der Waals surface area (Å²) in [5, 5.41) is 7.32. The number of piperidine rings is 1. The van der Waals surface area contributed by atoms with Gasteiger partial charge in [0.25, 0.3) is 0 Å². The number of rotatable bonds is 10. The van der Waals surface area contributed by atoms with E-state index in [1.54, 1.807) is 49.6 Å². The SMILES string of the molecule is Cc1ccc2c(NS(=O)(=O)CCC(C)(F)F)c(F)ccc2c1Oc1ncccc1-c1ccnc(N[C@H]2CCCNC2)n1. The Morgan fingerprint density at radius 3 is 2.67 bits per heavy atom. The molecule has 1 aliphatic heterocycles. The number of halogens is 3. The van der Waals surface area contributed by atoms with Crippen LogP contribution in [0.3, 0.4) is 0 Å². The van der Waals surface area contributed by atoms with Crippen molar-refractivity contribution in [2.24, 2.45) is 0 Å². The highest BCUT2D eigenvalue weighted by Gasteiger charge is 2.26. The van der Waals surface area contributed by atoms with Gasteiger partial charge in [0.05, 0.1) is 22.7 Å². The number of hydrogen-bond donors (Lipinski definition) is 3. The van der Waals surface area contributed by atoms with Crippen molar-refractivity contribution in [1.82, 2.24) is 20.3 Å². The average Bonchev–Trinajstić information content (AvgIpc) is 2.95. The number of pyridine rings is 1. The van der Waals surface area contributed by atoms with Gasteiger partial charge in [-0.1, -0.05) is 12.1 Å². The van der Waals surface area contributed by atoms with Crippen LogP contribution in [0.1, 0.15) is 31.7 Å². The van der Waals surface area contributed by atoms with Crippen molar-refractivity contribution in [2.45, 2.75) is 45.1 Å². The van der Waals surface area contributed by atoms with Crippen LogP contribution in [0.25, 0.3) is 22.0 Å². The standard InChI is InChI=1S/C29H31F3N6O3S/c1-18-7-8-20-21(9-10-23(30)25(20)38-42(39,40)16-12-29(2,31)32)26(18)41-27-22(6-4-14-34-27)24-11-15-35-28(37-24)36-19-5-3-13-33-17-19/h4,6-11,14-15,19,33,38H,3,5,12-13,16-17H2,1-2H3,(H,35,36,37)/t19-/m0/s1. The second-order valence-electron chi connectivity index (χ2n) is 10.4. The topological polar surface area (TPSA) is 118 Å². The molecule has 1 aliphatic rings. The van der Waals surface area contributed by atoms with Crippen LogP contribution in [0.4, 0.5) is 24.8 Å². The van der Waals surface area contributed by atoms with Crippen LogP contribution in [0.2, 0.25) is 0 Å². The fourth-order valence-corrected chi connectivity index (χ4v) is 5.97. The summed E-state index contributed by atoms with van der Waals surface area (Å²) in [6.45, 7) is 4.23. The number of fused-ring (bicyclic) bond motifs is 1. The molecular formula is C29H31F3N6O3S. The predicted molar refractivity (Wildman–Crippen MR) is 156 cm³/mol. The lowest BCUT2D eigenvalue weighted by Gasteiger charge is -2.23. The maximum atomic E-state index is 14.9. The van der Waals surface area contributed by atoms with Crippen molar-refractivity contribution >= 4 is 32.4 Å². The number of anilines is 2. The Hall–Kier alpha value is -3.97. The molecule has 0 aliphatic carbocycles. The number of aromatic nitrogens is 3. The third-order valence-electron chi connectivity index (χ3n) is 6.90. The van der Waals surface area contributed by atoms with E-state index in [1.807, 2.05) is 0 Å². The summed E-state index contributed by atoms with van der Waals surface area (Å²) in [6.07, 6.45) is 4.38. The third-order valence-corrected chi connectivity index (χ3v) is 8.15. The monoisotopic (exact) mass is 600 g/mol. The van der Waals surface area contributed by atoms with Crippen molar-refractivity contribution in [3.63, 3.8) is 0 Å². The summed E-state index contributed by atoms with van der Waals surface area (Å²) in [5.41, 5.74) is 1.50. The largest absolute Gasteiger partial charge is 0.437 e. The molecule has 42 heavy (non-hydrogen) atoms. The zero-order valence-corrected chi connectivity index (χ0v) is 23.9. The molecule has 3 heterocycles. The van der Waals surface area contributed by atoms with Crippen LogP contribution in [-0.4, -0.2) is 54.2 Å². The van der Waals surface area contributed by atoms with E-state index in [4.69, 9.17) is 4.74 Å². The molecule has 1 atom stereocenters. The first kappa shape index (κ1) is 29.5. The van der Waals surface area contributed by atoms with E-state index in [0.717, 1.165) is 32.0 Å². The van der Waals surface area contributed by atoms with Gasteiger partial charge < -0.3 is 15.4 Å². The Morgan fingerprint density at radius 1 is 1.10 bits per heavy atom. The molecule has 1 fully saturated rings. The van der Waals surface area contributed by atoms with Gasteiger partial charge in [-0.05, 0) is 69.1 Å². The second-order valence-corrected chi connectivity index (χ2v) is 12.2. The van der Waals surface area contributed by atoms with E-state index in [-0.39, 0.29) is 23.0 Å². The van der Waals surface area contributed by atoms with Crippen LogP contribution < -0.4 is 20.1 Å². The lowest BCUT2D eigenvalue weighted by molar-refractivity contribution is 0.0189. The Bertz CT molecular complexity index is 1690. The predicted octanol–water partition coefficient (Wildman–Crippen LogP) is 5.88. The number of nitrogens with zero attached hydrogens (tertiary/aromatic N) is 3. The number of benzene rings is 2. The minimum atomic E-state index is -4.27. The maximum absolute atomic E-state index is 14.9. The van der Waals surface area contributed by atoms with Gasteiger partial charge in [-0.25, -0.2) is 36.5 Å². The highest BCUT2D eigenvalue weighted by molar-refractivity contribution is 7.92. The van der Waals surface area contributed by atoms with Crippen LogP contribution >= 0.6 is 0 Å². The average molecular weight is 601 g/mol. The molecule has 0 spiro atoms. The number of aryl methyl sites for hydroxylation is 1. The van der Waals surface area contributed by atoms with E-state index >= 15 is 0 Å². The maximum Gasteiger partial charge on any atom is 0.246 e. The molecule has 13 heteroatoms. The first-order chi connectivity index (χ1) is 20.0. The van der Waals surface area contributed by atoms with Crippen molar-refractivity contribution < 1.29 is 26.3 Å². The summed E-state index contributed by atoms with van der Waals surface area (Å²) < 4.78 is 75.1. The highest BCUT2D eigenvalue weighted by Crippen LogP contribution is 2.39. The fraction of sp³-hybridized carbons (Fsp3) is 0.345. The van der Waals surface area contributed by atoms with Gasteiger partial charge in [0.2, 0.25) is 27.8 Å². The van der Waals surface area contributed by atoms with E-state index in [0.29, 0.717) is 40.8 Å². The zero-order valence-electron chi connectivity index (χ0n) is 23.1. The second kappa shape index (κ2) is 12.1. The van der Waals surface area contributed by atoms with Gasteiger partial charge >= 0.3 is 0 Å². The number of alkyl halides is 2. The quantitative estimate of drug-likeness (QED) is 0.207. The van der Waals surface area contributed by atoms with Crippen LogP contribution in [0.15, 0.2) is 54.9 Å². The van der Waals surface area contributed by atoms with Crippen molar-refractivity contribution in [3.05, 3.63) is 66.2 Å². The molecule has 0 unspecified atom stereocenters. The molecule has 222 valence electrons. The van der Waals surface area contributed by atoms with Crippen molar-refractivity contribution in [1.29, 1.82) is 0 Å². The van der Waals surface area contributed by atoms with Crippen molar-refractivity contribution in [2.75, 3.05) is 28.9 Å². The van der Waals surface area contributed by atoms with Gasteiger partial charge in [0.1, 0.15) is 11.6 Å². The molecule has 0 radical (unpaired) electrons. The summed E-state index contributed by atoms with van der Waals surface area (Å²) >= 11 is 0.